The van der Waals surface area contributed by atoms with E-state index in [1.165, 1.54) is 12.1 Å². The molecule has 2 fully saturated rings. The van der Waals surface area contributed by atoms with Gasteiger partial charge in [-0.2, -0.15) is 0 Å². The first kappa shape index (κ1) is 18.3. The number of aliphatic hydroxyl groups excluding tert-OH is 1. The van der Waals surface area contributed by atoms with Crippen LogP contribution in [0.5, 0.6) is 0 Å². The number of carbonyl (C=O) groups excluding carboxylic acids is 1. The molecule has 2 aliphatic heterocycles. The zero-order valence-electron chi connectivity index (χ0n) is 15.1. The highest BCUT2D eigenvalue weighted by Crippen LogP contribution is 2.27. The number of aliphatic hydroxyl groups is 1. The Labute approximate surface area is 149 Å². The van der Waals surface area contributed by atoms with Gasteiger partial charge in [-0.1, -0.05) is 6.07 Å². The van der Waals surface area contributed by atoms with Gasteiger partial charge in [0.05, 0.1) is 0 Å². The maximum Gasteiger partial charge on any atom is 0.254 e. The van der Waals surface area contributed by atoms with E-state index in [1.807, 2.05) is 6.92 Å². The van der Waals surface area contributed by atoms with Gasteiger partial charge >= 0.3 is 0 Å². The van der Waals surface area contributed by atoms with Crippen LogP contribution in [-0.2, 0) is 0 Å². The maximum atomic E-state index is 13.5. The fourth-order valence-corrected chi connectivity index (χ4v) is 3.88. The fourth-order valence-electron chi connectivity index (χ4n) is 3.88. The van der Waals surface area contributed by atoms with Crippen LogP contribution >= 0.6 is 0 Å². The Hall–Kier alpha value is -1.50. The number of piperazine rings is 1. The van der Waals surface area contributed by atoms with Gasteiger partial charge in [0.15, 0.2) is 0 Å². The summed E-state index contributed by atoms with van der Waals surface area (Å²) in [5.74, 6) is -0.152. The highest BCUT2D eigenvalue weighted by atomic mass is 19.1. The van der Waals surface area contributed by atoms with E-state index in [2.05, 4.69) is 16.8 Å². The number of likely N-dealkylation sites (tertiary alicyclic amines) is 1. The van der Waals surface area contributed by atoms with Crippen LogP contribution in [0.2, 0.25) is 0 Å². The van der Waals surface area contributed by atoms with Crippen LogP contribution in [0.1, 0.15) is 15.9 Å². The van der Waals surface area contributed by atoms with Crippen molar-refractivity contribution in [3.63, 3.8) is 0 Å². The number of nitrogens with zero attached hydrogens (tertiary/aromatic N) is 3. The third-order valence-electron chi connectivity index (χ3n) is 5.62. The minimum Gasteiger partial charge on any atom is -0.396 e. The molecule has 138 valence electrons. The Morgan fingerprint density at radius 2 is 1.88 bits per heavy atom. The molecule has 2 atom stereocenters. The highest BCUT2D eigenvalue weighted by Gasteiger charge is 2.36. The number of rotatable bonds is 4. The van der Waals surface area contributed by atoms with E-state index < -0.39 is 0 Å². The molecule has 2 heterocycles. The predicted octanol–water partition coefficient (Wildman–Crippen LogP) is 1.06. The fraction of sp³-hybridized carbons (Fsp3) is 0.632. The molecule has 0 saturated carbocycles. The number of benzene rings is 1. The van der Waals surface area contributed by atoms with Gasteiger partial charge in [0.1, 0.15) is 5.82 Å². The summed E-state index contributed by atoms with van der Waals surface area (Å²) in [6, 6.07) is 4.34. The summed E-state index contributed by atoms with van der Waals surface area (Å²) in [7, 11) is 2.13. The Morgan fingerprint density at radius 3 is 2.56 bits per heavy atom. The van der Waals surface area contributed by atoms with Gasteiger partial charge in [-0.15, -0.1) is 0 Å². The lowest BCUT2D eigenvalue weighted by atomic mass is 9.96. The molecule has 6 heteroatoms. The van der Waals surface area contributed by atoms with E-state index >= 15 is 0 Å². The van der Waals surface area contributed by atoms with Crippen LogP contribution in [0.25, 0.3) is 0 Å². The summed E-state index contributed by atoms with van der Waals surface area (Å²) in [6.07, 6.45) is 0. The van der Waals surface area contributed by atoms with Crippen molar-refractivity contribution in [3.05, 3.63) is 35.1 Å². The topological polar surface area (TPSA) is 47.0 Å². The van der Waals surface area contributed by atoms with Crippen molar-refractivity contribution in [3.8, 4) is 0 Å². The first-order valence-corrected chi connectivity index (χ1v) is 9.05. The predicted molar refractivity (Wildman–Crippen MR) is 95.0 cm³/mol. The van der Waals surface area contributed by atoms with Crippen molar-refractivity contribution < 1.29 is 14.3 Å². The Bertz CT molecular complexity index is 617. The quantitative estimate of drug-likeness (QED) is 0.883. The van der Waals surface area contributed by atoms with Crippen molar-refractivity contribution >= 4 is 5.91 Å². The SMILES string of the molecule is Cc1ccc(F)cc1C(=O)N1C[C@@H](CN2CCN(C)CC2)[C@@H](CO)C1. The zero-order chi connectivity index (χ0) is 18.0. The van der Waals surface area contributed by atoms with Gasteiger partial charge in [-0.05, 0) is 37.6 Å². The molecule has 25 heavy (non-hydrogen) atoms. The zero-order valence-corrected chi connectivity index (χ0v) is 15.1. The summed E-state index contributed by atoms with van der Waals surface area (Å²) < 4.78 is 13.5. The van der Waals surface area contributed by atoms with Crippen LogP contribution in [0.15, 0.2) is 18.2 Å². The van der Waals surface area contributed by atoms with Gasteiger partial charge in [-0.25, -0.2) is 4.39 Å². The molecule has 0 radical (unpaired) electrons. The minimum absolute atomic E-state index is 0.0876. The van der Waals surface area contributed by atoms with Gasteiger partial charge in [-0.3, -0.25) is 4.79 Å². The number of aryl methyl sites for hydroxylation is 1. The second-order valence-corrected chi connectivity index (χ2v) is 7.48. The molecule has 0 unspecified atom stereocenters. The van der Waals surface area contributed by atoms with Gasteiger partial charge < -0.3 is 19.8 Å². The average Bonchev–Trinajstić information content (AvgIpc) is 3.01. The third-order valence-corrected chi connectivity index (χ3v) is 5.62. The van der Waals surface area contributed by atoms with Crippen LogP contribution < -0.4 is 0 Å². The molecule has 1 amide bonds. The Balaban J connectivity index is 1.66. The lowest BCUT2D eigenvalue weighted by Crippen LogP contribution is -2.47. The summed E-state index contributed by atoms with van der Waals surface area (Å²) in [6.45, 7) is 8.17. The molecule has 0 bridgehead atoms. The van der Waals surface area contributed by atoms with E-state index in [1.54, 1.807) is 11.0 Å². The third kappa shape index (κ3) is 4.19. The molecule has 0 aromatic heterocycles. The molecule has 2 saturated heterocycles. The number of likely N-dealkylation sites (N-methyl/N-ethyl adjacent to an activating group) is 1. The van der Waals surface area contributed by atoms with Crippen molar-refractivity contribution in [2.45, 2.75) is 6.92 Å². The molecular weight excluding hydrogens is 321 g/mol. The average molecular weight is 349 g/mol. The summed E-state index contributed by atoms with van der Waals surface area (Å²) >= 11 is 0. The molecule has 1 aromatic rings. The molecule has 1 N–H and O–H groups in total. The lowest BCUT2D eigenvalue weighted by Gasteiger charge is -2.34. The first-order chi connectivity index (χ1) is 12.0. The maximum absolute atomic E-state index is 13.5. The summed E-state index contributed by atoms with van der Waals surface area (Å²) in [5, 5.41) is 9.75. The molecule has 3 rings (SSSR count). The molecule has 2 aliphatic rings. The van der Waals surface area contributed by atoms with Crippen molar-refractivity contribution in [2.75, 3.05) is 59.5 Å². The number of hydrogen-bond donors (Lipinski definition) is 1. The van der Waals surface area contributed by atoms with E-state index in [-0.39, 0.29) is 30.2 Å². The van der Waals surface area contributed by atoms with Crippen LogP contribution in [0.4, 0.5) is 4.39 Å². The Morgan fingerprint density at radius 1 is 1.20 bits per heavy atom. The number of carbonyl (C=O) groups is 1. The Kier molecular flexibility index (Phi) is 5.71. The minimum atomic E-state index is -0.388. The van der Waals surface area contributed by atoms with Gasteiger partial charge in [0.25, 0.3) is 5.91 Å². The van der Waals surface area contributed by atoms with Crippen molar-refractivity contribution in [1.82, 2.24) is 14.7 Å². The summed E-state index contributed by atoms with van der Waals surface area (Å²) in [4.78, 5) is 19.3. The number of amides is 1. The largest absolute Gasteiger partial charge is 0.396 e. The van der Waals surface area contributed by atoms with Gasteiger partial charge in [0, 0.05) is 63.9 Å². The standard InChI is InChI=1S/C19H28FN3O2/c1-14-3-4-17(20)9-18(14)19(25)23-11-15(16(12-23)13-24)10-22-7-5-21(2)6-8-22/h3-4,9,15-16,24H,5-8,10-13H2,1-2H3/t15-,16-/m1/s1. The van der Waals surface area contributed by atoms with E-state index in [9.17, 15) is 14.3 Å². The molecule has 1 aromatic carbocycles. The molecule has 0 aliphatic carbocycles. The van der Waals surface area contributed by atoms with Crippen LogP contribution in [-0.4, -0.2) is 85.2 Å². The lowest BCUT2D eigenvalue weighted by molar-refractivity contribution is 0.0776. The van der Waals surface area contributed by atoms with Gasteiger partial charge in [0.2, 0.25) is 0 Å². The summed E-state index contributed by atoms with van der Waals surface area (Å²) in [5.41, 5.74) is 1.21. The second kappa shape index (κ2) is 7.81. The van der Waals surface area contributed by atoms with E-state index in [0.29, 0.717) is 18.7 Å². The smallest absolute Gasteiger partial charge is 0.254 e. The van der Waals surface area contributed by atoms with Crippen LogP contribution in [0.3, 0.4) is 0 Å². The normalized spacial score (nSPS) is 25.5. The van der Waals surface area contributed by atoms with Crippen molar-refractivity contribution in [1.29, 1.82) is 0 Å². The van der Waals surface area contributed by atoms with Crippen molar-refractivity contribution in [2.24, 2.45) is 11.8 Å². The second-order valence-electron chi connectivity index (χ2n) is 7.48. The van der Waals surface area contributed by atoms with Crippen LogP contribution in [0, 0.1) is 24.6 Å². The first-order valence-electron chi connectivity index (χ1n) is 9.05. The van der Waals surface area contributed by atoms with E-state index in [0.717, 1.165) is 38.3 Å². The highest BCUT2D eigenvalue weighted by molar-refractivity contribution is 5.95. The monoisotopic (exact) mass is 349 g/mol. The molecule has 5 nitrogen and oxygen atoms in total. The number of halogens is 1. The van der Waals surface area contributed by atoms with E-state index in [4.69, 9.17) is 0 Å². The molecular formula is C19H28FN3O2. The number of hydrogen-bond acceptors (Lipinski definition) is 4. The molecule has 0 spiro atoms.